The Morgan fingerprint density at radius 2 is 1.97 bits per heavy atom. The van der Waals surface area contributed by atoms with Gasteiger partial charge in [0.1, 0.15) is 5.54 Å². The van der Waals surface area contributed by atoms with Gasteiger partial charge in [0.2, 0.25) is 17.7 Å². The van der Waals surface area contributed by atoms with E-state index in [1.165, 1.54) is 11.6 Å². The minimum atomic E-state index is -0.567. The van der Waals surface area contributed by atoms with Gasteiger partial charge in [-0.15, -0.1) is 11.3 Å². The van der Waals surface area contributed by atoms with E-state index in [0.29, 0.717) is 18.1 Å². The highest BCUT2D eigenvalue weighted by atomic mass is 32.1. The highest BCUT2D eigenvalue weighted by Gasteiger charge is 2.38. The maximum atomic E-state index is 12.4. The molecule has 8 heteroatoms. The van der Waals surface area contributed by atoms with Crippen molar-refractivity contribution in [3.8, 4) is 0 Å². The molecule has 3 aromatic rings. The first-order valence-electron chi connectivity index (χ1n) is 10.4. The van der Waals surface area contributed by atoms with Gasteiger partial charge in [-0.2, -0.15) is 4.98 Å². The van der Waals surface area contributed by atoms with Crippen LogP contribution in [0.1, 0.15) is 63.6 Å². The van der Waals surface area contributed by atoms with E-state index in [1.54, 1.807) is 11.3 Å². The summed E-state index contributed by atoms with van der Waals surface area (Å²) in [7, 11) is 0. The Bertz CT molecular complexity index is 1030. The fourth-order valence-electron chi connectivity index (χ4n) is 4.11. The molecule has 30 heavy (non-hydrogen) atoms. The molecule has 2 N–H and O–H groups in total. The average molecular weight is 427 g/mol. The van der Waals surface area contributed by atoms with Gasteiger partial charge in [-0.1, -0.05) is 30.8 Å². The number of nitrogens with one attached hydrogen (secondary N) is 2. The highest BCUT2D eigenvalue weighted by Crippen LogP contribution is 2.34. The lowest BCUT2D eigenvalue weighted by Crippen LogP contribution is -2.45. The Labute approximate surface area is 179 Å². The number of nitrogens with zero attached hydrogens (tertiary/aromatic N) is 2. The van der Waals surface area contributed by atoms with E-state index in [0.717, 1.165) is 49.6 Å². The van der Waals surface area contributed by atoms with Crippen molar-refractivity contribution in [1.82, 2.24) is 15.5 Å². The first-order chi connectivity index (χ1) is 14.5. The highest BCUT2D eigenvalue weighted by molar-refractivity contribution is 7.17. The lowest BCUT2D eigenvalue weighted by Gasteiger charge is -2.30. The van der Waals surface area contributed by atoms with Crippen LogP contribution in [0.15, 0.2) is 34.2 Å². The molecular weight excluding hydrogens is 400 g/mol. The first kappa shape index (κ1) is 20.5. The first-order valence-corrected chi connectivity index (χ1v) is 11.3. The monoisotopic (exact) mass is 426 g/mol. The van der Waals surface area contributed by atoms with Crippen LogP contribution >= 0.6 is 11.3 Å². The summed E-state index contributed by atoms with van der Waals surface area (Å²) in [5.41, 5.74) is 0.211. The number of rotatable bonds is 6. The van der Waals surface area contributed by atoms with Crippen molar-refractivity contribution in [3.63, 3.8) is 0 Å². The van der Waals surface area contributed by atoms with Crippen LogP contribution in [-0.2, 0) is 21.5 Å². The van der Waals surface area contributed by atoms with Crippen molar-refractivity contribution in [1.29, 1.82) is 0 Å². The molecule has 0 spiro atoms. The van der Waals surface area contributed by atoms with E-state index < -0.39 is 5.54 Å². The Kier molecular flexibility index (Phi) is 6.13. The smallest absolute Gasteiger partial charge is 0.227 e. The summed E-state index contributed by atoms with van der Waals surface area (Å²) < 4.78 is 6.61. The second kappa shape index (κ2) is 8.95. The van der Waals surface area contributed by atoms with Crippen molar-refractivity contribution >= 4 is 38.9 Å². The third-order valence-electron chi connectivity index (χ3n) is 5.57. The van der Waals surface area contributed by atoms with Gasteiger partial charge in [0, 0.05) is 30.2 Å². The van der Waals surface area contributed by atoms with Crippen molar-refractivity contribution < 1.29 is 14.1 Å². The summed E-state index contributed by atoms with van der Waals surface area (Å²) in [6, 6.07) is 7.92. The SMILES string of the molecule is CC(=O)NC1(c2noc(CCC(=O)Nc3ccc4sccc4c3)n2)CCCCCC1. The summed E-state index contributed by atoms with van der Waals surface area (Å²) in [6.45, 7) is 1.52. The van der Waals surface area contributed by atoms with E-state index in [-0.39, 0.29) is 18.2 Å². The number of amides is 2. The Morgan fingerprint density at radius 1 is 1.17 bits per heavy atom. The molecule has 0 unspecified atom stereocenters. The van der Waals surface area contributed by atoms with E-state index in [1.807, 2.05) is 29.6 Å². The minimum Gasteiger partial charge on any atom is -0.343 e. The van der Waals surface area contributed by atoms with Crippen LogP contribution in [0.25, 0.3) is 10.1 Å². The van der Waals surface area contributed by atoms with E-state index in [2.05, 4.69) is 20.8 Å². The number of hydrogen-bond acceptors (Lipinski definition) is 6. The van der Waals surface area contributed by atoms with Crippen molar-refractivity contribution in [2.24, 2.45) is 0 Å². The molecule has 4 rings (SSSR count). The van der Waals surface area contributed by atoms with E-state index in [9.17, 15) is 9.59 Å². The second-order valence-corrected chi connectivity index (χ2v) is 8.86. The summed E-state index contributed by atoms with van der Waals surface area (Å²) in [4.78, 5) is 28.7. The van der Waals surface area contributed by atoms with Crippen LogP contribution in [0, 0.1) is 0 Å². The Hall–Kier alpha value is -2.74. The van der Waals surface area contributed by atoms with E-state index >= 15 is 0 Å². The molecule has 2 heterocycles. The number of benzene rings is 1. The van der Waals surface area contributed by atoms with Crippen molar-refractivity contribution in [3.05, 3.63) is 41.4 Å². The third kappa shape index (κ3) is 4.70. The van der Waals surface area contributed by atoms with Crippen LogP contribution in [-0.4, -0.2) is 22.0 Å². The Morgan fingerprint density at radius 3 is 2.73 bits per heavy atom. The maximum absolute atomic E-state index is 12.4. The molecule has 1 fully saturated rings. The van der Waals surface area contributed by atoms with E-state index in [4.69, 9.17) is 4.52 Å². The minimum absolute atomic E-state index is 0.0924. The van der Waals surface area contributed by atoms with Gasteiger partial charge in [-0.3, -0.25) is 9.59 Å². The predicted octanol–water partition coefficient (Wildman–Crippen LogP) is 4.54. The molecule has 0 atom stereocenters. The maximum Gasteiger partial charge on any atom is 0.227 e. The molecule has 0 saturated heterocycles. The molecule has 0 radical (unpaired) electrons. The summed E-state index contributed by atoms with van der Waals surface area (Å²) >= 11 is 1.67. The molecule has 2 aromatic heterocycles. The van der Waals surface area contributed by atoms with Gasteiger partial charge < -0.3 is 15.2 Å². The third-order valence-corrected chi connectivity index (χ3v) is 6.47. The van der Waals surface area contributed by atoms with Crippen LogP contribution in [0.5, 0.6) is 0 Å². The normalized spacial score (nSPS) is 16.2. The fraction of sp³-hybridized carbons (Fsp3) is 0.455. The van der Waals surface area contributed by atoms with Crippen LogP contribution in [0.2, 0.25) is 0 Å². The van der Waals surface area contributed by atoms with Gasteiger partial charge in [-0.25, -0.2) is 0 Å². The topological polar surface area (TPSA) is 97.1 Å². The molecule has 0 bridgehead atoms. The summed E-state index contributed by atoms with van der Waals surface area (Å²) in [5, 5.41) is 13.3. The quantitative estimate of drug-likeness (QED) is 0.564. The molecular formula is C22H26N4O3S. The number of anilines is 1. The van der Waals surface area contributed by atoms with Crippen LogP contribution < -0.4 is 10.6 Å². The number of aromatic nitrogens is 2. The van der Waals surface area contributed by atoms with Gasteiger partial charge in [-0.05, 0) is 47.9 Å². The molecule has 1 aliphatic rings. The van der Waals surface area contributed by atoms with Crippen LogP contribution in [0.3, 0.4) is 0 Å². The predicted molar refractivity (Wildman–Crippen MR) is 116 cm³/mol. The summed E-state index contributed by atoms with van der Waals surface area (Å²) in [5.74, 6) is 0.751. The van der Waals surface area contributed by atoms with Gasteiger partial charge in [0.15, 0.2) is 5.82 Å². The van der Waals surface area contributed by atoms with Gasteiger partial charge >= 0.3 is 0 Å². The molecule has 2 amide bonds. The zero-order valence-electron chi connectivity index (χ0n) is 17.1. The zero-order valence-corrected chi connectivity index (χ0v) is 17.9. The molecule has 1 aromatic carbocycles. The number of thiophene rings is 1. The number of fused-ring (bicyclic) bond motifs is 1. The molecule has 0 aliphatic heterocycles. The summed E-state index contributed by atoms with van der Waals surface area (Å²) in [6.07, 6.45) is 6.52. The number of carbonyl (C=O) groups is 2. The standard InChI is InChI=1S/C22H26N4O3S/c1-15(27)25-22(11-4-2-3-5-12-22)21-24-20(29-26-21)9-8-19(28)23-17-6-7-18-16(14-17)10-13-30-18/h6-7,10,13-14H,2-5,8-9,11-12H2,1H3,(H,23,28)(H,25,27). The van der Waals surface area contributed by atoms with Gasteiger partial charge in [0.25, 0.3) is 0 Å². The van der Waals surface area contributed by atoms with Gasteiger partial charge in [0.05, 0.1) is 0 Å². The number of carbonyl (C=O) groups excluding carboxylic acids is 2. The Balaban J connectivity index is 1.39. The lowest BCUT2D eigenvalue weighted by atomic mass is 9.89. The second-order valence-electron chi connectivity index (χ2n) is 7.91. The number of aryl methyl sites for hydroxylation is 1. The fourth-order valence-corrected chi connectivity index (χ4v) is 4.88. The van der Waals surface area contributed by atoms with Crippen molar-refractivity contribution in [2.45, 2.75) is 63.8 Å². The van der Waals surface area contributed by atoms with Crippen LogP contribution in [0.4, 0.5) is 5.69 Å². The average Bonchev–Trinajstić information content (AvgIpc) is 3.32. The lowest BCUT2D eigenvalue weighted by molar-refractivity contribution is -0.121. The number of hydrogen-bond donors (Lipinski definition) is 2. The molecule has 1 saturated carbocycles. The molecule has 7 nitrogen and oxygen atoms in total. The zero-order chi connectivity index (χ0) is 21.0. The molecule has 158 valence electrons. The molecule has 1 aliphatic carbocycles. The van der Waals surface area contributed by atoms with Crippen molar-refractivity contribution in [2.75, 3.05) is 5.32 Å². The largest absolute Gasteiger partial charge is 0.343 e.